The third-order valence-electron chi connectivity index (χ3n) is 5.17. The van der Waals surface area contributed by atoms with E-state index in [0.717, 1.165) is 36.9 Å². The van der Waals surface area contributed by atoms with Gasteiger partial charge in [-0.05, 0) is 54.7 Å². The van der Waals surface area contributed by atoms with Gasteiger partial charge >= 0.3 is 0 Å². The zero-order valence-electron chi connectivity index (χ0n) is 19.1. The van der Waals surface area contributed by atoms with Gasteiger partial charge in [0.1, 0.15) is 11.6 Å². The van der Waals surface area contributed by atoms with Gasteiger partial charge in [-0.25, -0.2) is 8.78 Å². The number of aromatic nitrogens is 3. The predicted octanol–water partition coefficient (Wildman–Crippen LogP) is 5.45. The van der Waals surface area contributed by atoms with E-state index in [1.807, 2.05) is 0 Å². The van der Waals surface area contributed by atoms with Crippen molar-refractivity contribution in [2.45, 2.75) is 45.4 Å². The van der Waals surface area contributed by atoms with Crippen LogP contribution in [-0.2, 0) is 12.8 Å². The molecule has 2 aromatic carbocycles. The van der Waals surface area contributed by atoms with Gasteiger partial charge in [0.25, 0.3) is 0 Å². The Labute approximate surface area is 194 Å². The molecule has 0 saturated heterocycles. The molecule has 0 unspecified atom stereocenters. The van der Waals surface area contributed by atoms with Crippen LogP contribution in [-0.4, -0.2) is 34.6 Å². The summed E-state index contributed by atoms with van der Waals surface area (Å²) >= 11 is 0. The molecular weight excluding hydrogens is 422 g/mol. The van der Waals surface area contributed by atoms with Gasteiger partial charge in [-0.1, -0.05) is 50.5 Å². The van der Waals surface area contributed by atoms with Crippen LogP contribution < -0.4 is 16.0 Å². The van der Waals surface area contributed by atoms with Gasteiger partial charge in [-0.15, -0.1) is 0 Å². The lowest BCUT2D eigenvalue weighted by molar-refractivity contribution is 0.626. The molecule has 3 N–H and O–H groups in total. The van der Waals surface area contributed by atoms with Crippen LogP contribution in [0.2, 0.25) is 0 Å². The Kier molecular flexibility index (Phi) is 9.82. The van der Waals surface area contributed by atoms with Crippen LogP contribution in [0.1, 0.15) is 43.7 Å². The maximum atomic E-state index is 13.1. The maximum Gasteiger partial charge on any atom is 0.229 e. The summed E-state index contributed by atoms with van der Waals surface area (Å²) in [6, 6.07) is 12.9. The van der Waals surface area contributed by atoms with E-state index in [1.54, 1.807) is 24.3 Å². The molecule has 176 valence electrons. The number of rotatable bonds is 14. The van der Waals surface area contributed by atoms with Gasteiger partial charge in [0.05, 0.1) is 0 Å². The Morgan fingerprint density at radius 3 is 1.42 bits per heavy atom. The first-order valence-corrected chi connectivity index (χ1v) is 11.6. The van der Waals surface area contributed by atoms with E-state index < -0.39 is 0 Å². The van der Waals surface area contributed by atoms with E-state index in [2.05, 4.69) is 37.8 Å². The minimum atomic E-state index is -0.241. The molecule has 6 nitrogen and oxygen atoms in total. The second-order valence-electron chi connectivity index (χ2n) is 7.90. The highest BCUT2D eigenvalue weighted by molar-refractivity contribution is 5.42. The second kappa shape index (κ2) is 13.3. The van der Waals surface area contributed by atoms with Crippen LogP contribution in [0.4, 0.5) is 26.6 Å². The van der Waals surface area contributed by atoms with Crippen molar-refractivity contribution >= 4 is 17.8 Å². The van der Waals surface area contributed by atoms with Crippen molar-refractivity contribution in [2.24, 2.45) is 0 Å². The highest BCUT2D eigenvalue weighted by Crippen LogP contribution is 2.12. The molecule has 0 aliphatic rings. The van der Waals surface area contributed by atoms with Gasteiger partial charge in [0, 0.05) is 19.6 Å². The van der Waals surface area contributed by atoms with Crippen LogP contribution in [0.25, 0.3) is 0 Å². The number of hydrogen-bond donors (Lipinski definition) is 3. The zero-order chi connectivity index (χ0) is 23.3. The van der Waals surface area contributed by atoms with Crippen molar-refractivity contribution in [3.05, 3.63) is 71.3 Å². The Hall–Kier alpha value is -3.29. The van der Waals surface area contributed by atoms with Gasteiger partial charge in [-0.3, -0.25) is 0 Å². The van der Waals surface area contributed by atoms with Crippen molar-refractivity contribution in [3.63, 3.8) is 0 Å². The van der Waals surface area contributed by atoms with Crippen molar-refractivity contribution < 1.29 is 8.78 Å². The largest absolute Gasteiger partial charge is 0.354 e. The van der Waals surface area contributed by atoms with Gasteiger partial charge in [0.15, 0.2) is 0 Å². The third kappa shape index (κ3) is 9.00. The first-order valence-electron chi connectivity index (χ1n) is 11.6. The van der Waals surface area contributed by atoms with E-state index in [1.165, 1.54) is 43.5 Å². The molecule has 8 heteroatoms. The van der Waals surface area contributed by atoms with Crippen molar-refractivity contribution in [1.29, 1.82) is 0 Å². The fraction of sp³-hybridized carbons (Fsp3) is 0.400. The molecule has 0 radical (unpaired) electrons. The van der Waals surface area contributed by atoms with Crippen LogP contribution in [0.3, 0.4) is 0 Å². The van der Waals surface area contributed by atoms with Crippen molar-refractivity contribution in [2.75, 3.05) is 35.6 Å². The molecule has 3 aromatic rings. The first kappa shape index (κ1) is 24.4. The smallest absolute Gasteiger partial charge is 0.229 e. The quantitative estimate of drug-likeness (QED) is 0.281. The monoisotopic (exact) mass is 454 g/mol. The number of hydrogen-bond acceptors (Lipinski definition) is 6. The molecule has 0 saturated carbocycles. The topological polar surface area (TPSA) is 74.8 Å². The van der Waals surface area contributed by atoms with Crippen LogP contribution in [0.15, 0.2) is 48.5 Å². The number of unbranched alkanes of at least 4 members (excludes halogenated alkanes) is 3. The Balaban J connectivity index is 1.57. The second-order valence-corrected chi connectivity index (χ2v) is 7.90. The van der Waals surface area contributed by atoms with Gasteiger partial charge in [-0.2, -0.15) is 15.0 Å². The summed E-state index contributed by atoms with van der Waals surface area (Å²) < 4.78 is 26.2. The molecule has 3 rings (SSSR count). The molecule has 33 heavy (non-hydrogen) atoms. The Bertz CT molecular complexity index is 894. The van der Waals surface area contributed by atoms with E-state index in [-0.39, 0.29) is 11.6 Å². The fourth-order valence-electron chi connectivity index (χ4n) is 3.30. The summed E-state index contributed by atoms with van der Waals surface area (Å²) in [6.07, 6.45) is 6.07. The number of nitrogens with one attached hydrogen (secondary N) is 3. The summed E-state index contributed by atoms with van der Waals surface area (Å²) in [5, 5.41) is 9.76. The first-order chi connectivity index (χ1) is 16.1. The molecule has 0 spiro atoms. The summed E-state index contributed by atoms with van der Waals surface area (Å²) in [5.74, 6) is 1.00. The molecule has 1 aromatic heterocycles. The molecule has 1 heterocycles. The van der Waals surface area contributed by atoms with Gasteiger partial charge < -0.3 is 16.0 Å². The molecule has 0 aliphatic carbocycles. The van der Waals surface area contributed by atoms with Gasteiger partial charge in [0.2, 0.25) is 17.8 Å². The zero-order valence-corrected chi connectivity index (χ0v) is 19.1. The predicted molar refractivity (Wildman–Crippen MR) is 130 cm³/mol. The van der Waals surface area contributed by atoms with E-state index in [9.17, 15) is 8.78 Å². The Morgan fingerprint density at radius 1 is 0.576 bits per heavy atom. The van der Waals surface area contributed by atoms with E-state index in [0.29, 0.717) is 30.9 Å². The number of benzene rings is 2. The van der Waals surface area contributed by atoms with Crippen LogP contribution in [0.5, 0.6) is 0 Å². The standard InChI is InChI=1S/C25H32F2N6/c1-2-3-4-5-16-28-23-31-24(29-17-14-19-6-10-21(26)11-7-19)33-25(32-23)30-18-15-20-8-12-22(27)13-9-20/h6-13H,2-5,14-18H2,1H3,(H3,28,29,30,31,32,33). The van der Waals surface area contributed by atoms with Crippen molar-refractivity contribution in [3.8, 4) is 0 Å². The lowest BCUT2D eigenvalue weighted by Gasteiger charge is -2.11. The summed E-state index contributed by atoms with van der Waals surface area (Å²) in [5.41, 5.74) is 2.06. The Morgan fingerprint density at radius 2 is 1.00 bits per heavy atom. The number of halogens is 2. The highest BCUT2D eigenvalue weighted by Gasteiger charge is 2.07. The van der Waals surface area contributed by atoms with E-state index in [4.69, 9.17) is 0 Å². The lowest BCUT2D eigenvalue weighted by atomic mass is 10.1. The third-order valence-corrected chi connectivity index (χ3v) is 5.17. The minimum absolute atomic E-state index is 0.241. The SMILES string of the molecule is CCCCCCNc1nc(NCCc2ccc(F)cc2)nc(NCCc2ccc(F)cc2)n1. The molecule has 0 fully saturated rings. The number of nitrogens with zero attached hydrogens (tertiary/aromatic N) is 3. The fourth-order valence-corrected chi connectivity index (χ4v) is 3.30. The normalized spacial score (nSPS) is 10.8. The lowest BCUT2D eigenvalue weighted by Crippen LogP contribution is -2.15. The van der Waals surface area contributed by atoms with Crippen LogP contribution in [0, 0.1) is 11.6 Å². The minimum Gasteiger partial charge on any atom is -0.354 e. The molecule has 0 aliphatic heterocycles. The molecular formula is C25H32F2N6. The molecule has 0 bridgehead atoms. The van der Waals surface area contributed by atoms with Crippen molar-refractivity contribution in [1.82, 2.24) is 15.0 Å². The molecule has 0 amide bonds. The average Bonchev–Trinajstić information content (AvgIpc) is 2.81. The number of anilines is 3. The highest BCUT2D eigenvalue weighted by atomic mass is 19.1. The molecule has 0 atom stereocenters. The summed E-state index contributed by atoms with van der Waals surface area (Å²) in [7, 11) is 0. The van der Waals surface area contributed by atoms with Crippen LogP contribution >= 0.6 is 0 Å². The summed E-state index contributed by atoms with van der Waals surface area (Å²) in [4.78, 5) is 13.4. The van der Waals surface area contributed by atoms with E-state index >= 15 is 0 Å². The average molecular weight is 455 g/mol. The maximum absolute atomic E-state index is 13.1. The summed E-state index contributed by atoms with van der Waals surface area (Å²) in [6.45, 7) is 4.21.